The van der Waals surface area contributed by atoms with Crippen molar-refractivity contribution in [3.8, 4) is 0 Å². The highest BCUT2D eigenvalue weighted by Crippen LogP contribution is 2.35. The Morgan fingerprint density at radius 2 is 2.41 bits per heavy atom. The highest BCUT2D eigenvalue weighted by atomic mass is 16.1. The number of fused-ring (bicyclic) bond motifs is 4. The molecule has 0 aromatic carbocycles. The zero-order valence-electron chi connectivity index (χ0n) is 9.93. The van der Waals surface area contributed by atoms with E-state index in [1.54, 1.807) is 6.07 Å². The fourth-order valence-electron chi connectivity index (χ4n) is 3.28. The van der Waals surface area contributed by atoms with Crippen molar-refractivity contribution < 1.29 is 0 Å². The van der Waals surface area contributed by atoms with Crippen LogP contribution in [0, 0.1) is 5.92 Å². The number of hydrogen-bond donors (Lipinski definition) is 1. The van der Waals surface area contributed by atoms with Gasteiger partial charge in [0, 0.05) is 36.8 Å². The zero-order valence-corrected chi connectivity index (χ0v) is 9.93. The summed E-state index contributed by atoms with van der Waals surface area (Å²) in [5.41, 5.74) is 1.36. The first-order chi connectivity index (χ1) is 8.29. The third-order valence-electron chi connectivity index (χ3n) is 4.12. The van der Waals surface area contributed by atoms with E-state index in [0.29, 0.717) is 17.9 Å². The van der Waals surface area contributed by atoms with Gasteiger partial charge in [-0.1, -0.05) is 12.1 Å². The van der Waals surface area contributed by atoms with Crippen LogP contribution in [0.3, 0.4) is 0 Å². The van der Waals surface area contributed by atoms with Gasteiger partial charge in [-0.3, -0.25) is 4.79 Å². The number of aromatic nitrogens is 1. The van der Waals surface area contributed by atoms with Crippen LogP contribution in [0.25, 0.3) is 0 Å². The van der Waals surface area contributed by atoms with Crippen LogP contribution in [0.5, 0.6) is 0 Å². The van der Waals surface area contributed by atoms with Gasteiger partial charge in [-0.05, 0) is 24.8 Å². The zero-order chi connectivity index (χ0) is 11.8. The van der Waals surface area contributed by atoms with Crippen LogP contribution >= 0.6 is 0 Å². The van der Waals surface area contributed by atoms with Gasteiger partial charge in [-0.2, -0.15) is 0 Å². The van der Waals surface area contributed by atoms with Crippen LogP contribution in [0.2, 0.25) is 0 Å². The predicted molar refractivity (Wildman–Crippen MR) is 68.2 cm³/mol. The van der Waals surface area contributed by atoms with E-state index in [1.165, 1.54) is 12.1 Å². The number of pyridine rings is 1. The van der Waals surface area contributed by atoms with Crippen molar-refractivity contribution in [1.82, 2.24) is 9.88 Å². The number of nitrogens with one attached hydrogen (secondary N) is 1. The summed E-state index contributed by atoms with van der Waals surface area (Å²) in [6, 6.07) is 6.13. The predicted octanol–water partition coefficient (Wildman–Crippen LogP) is 1.50. The smallest absolute Gasteiger partial charge is 0.250 e. The van der Waals surface area contributed by atoms with E-state index < -0.39 is 0 Å². The molecule has 1 aromatic heterocycles. The second kappa shape index (κ2) is 4.15. The van der Waals surface area contributed by atoms with Gasteiger partial charge in [-0.25, -0.2) is 0 Å². The molecule has 17 heavy (non-hydrogen) atoms. The van der Waals surface area contributed by atoms with Crippen LogP contribution < -0.4 is 10.9 Å². The summed E-state index contributed by atoms with van der Waals surface area (Å²) in [5, 5.41) is 3.60. The Kier molecular flexibility index (Phi) is 2.63. The van der Waals surface area contributed by atoms with E-state index in [1.807, 2.05) is 16.7 Å². The van der Waals surface area contributed by atoms with Crippen molar-refractivity contribution >= 4 is 0 Å². The molecule has 3 nitrogen and oxygen atoms in total. The Labute approximate surface area is 101 Å². The maximum atomic E-state index is 11.9. The first kappa shape index (κ1) is 10.8. The summed E-state index contributed by atoms with van der Waals surface area (Å²) in [4.78, 5) is 11.9. The number of hydrogen-bond acceptors (Lipinski definition) is 2. The lowest BCUT2D eigenvalue weighted by Crippen LogP contribution is -2.50. The van der Waals surface area contributed by atoms with Crippen molar-refractivity contribution in [1.29, 1.82) is 0 Å². The molecular weight excluding hydrogens is 212 g/mol. The molecule has 3 heterocycles. The van der Waals surface area contributed by atoms with E-state index in [9.17, 15) is 4.79 Å². The Morgan fingerprint density at radius 3 is 3.24 bits per heavy atom. The van der Waals surface area contributed by atoms with Crippen molar-refractivity contribution in [2.45, 2.75) is 31.3 Å². The van der Waals surface area contributed by atoms with E-state index in [0.717, 1.165) is 19.5 Å². The third kappa shape index (κ3) is 1.75. The van der Waals surface area contributed by atoms with E-state index in [2.05, 4.69) is 18.0 Å². The molecule has 0 amide bonds. The van der Waals surface area contributed by atoms with Gasteiger partial charge in [-0.15, -0.1) is 6.58 Å². The van der Waals surface area contributed by atoms with Gasteiger partial charge in [0.2, 0.25) is 0 Å². The van der Waals surface area contributed by atoms with E-state index >= 15 is 0 Å². The molecule has 0 radical (unpaired) electrons. The molecule has 2 aliphatic heterocycles. The SMILES string of the molecule is C=CCC1NC[C@@H]2CC1Cn1c2cccc1=O. The Morgan fingerprint density at radius 1 is 1.53 bits per heavy atom. The molecule has 0 saturated carbocycles. The molecule has 1 N–H and O–H groups in total. The van der Waals surface area contributed by atoms with Crippen LogP contribution in [0.4, 0.5) is 0 Å². The highest BCUT2D eigenvalue weighted by molar-refractivity contribution is 5.17. The second-order valence-electron chi connectivity index (χ2n) is 5.13. The number of rotatable bonds is 2. The molecule has 0 spiro atoms. The standard InChI is InChI=1S/C14H18N2O/c1-2-4-12-11-7-10(8-15-12)13-5-3-6-14(17)16(13)9-11/h2-3,5-6,10-12,15H,1,4,7-9H2/t10-,11?,12?/m0/s1. The summed E-state index contributed by atoms with van der Waals surface area (Å²) in [6.45, 7) is 5.66. The van der Waals surface area contributed by atoms with Gasteiger partial charge < -0.3 is 9.88 Å². The van der Waals surface area contributed by atoms with Gasteiger partial charge in [0.05, 0.1) is 0 Å². The highest BCUT2D eigenvalue weighted by Gasteiger charge is 2.35. The topological polar surface area (TPSA) is 34.0 Å². The Bertz CT molecular complexity index is 491. The van der Waals surface area contributed by atoms with Crippen LogP contribution in [0.15, 0.2) is 35.6 Å². The van der Waals surface area contributed by atoms with Crippen LogP contribution in [0.1, 0.15) is 24.5 Å². The molecule has 0 aliphatic carbocycles. The summed E-state index contributed by atoms with van der Waals surface area (Å²) in [5.74, 6) is 1.07. The van der Waals surface area contributed by atoms with E-state index in [4.69, 9.17) is 0 Å². The molecule has 3 atom stereocenters. The molecule has 3 heteroatoms. The minimum Gasteiger partial charge on any atom is -0.313 e. The average molecular weight is 230 g/mol. The van der Waals surface area contributed by atoms with E-state index in [-0.39, 0.29) is 5.56 Å². The minimum absolute atomic E-state index is 0.149. The quantitative estimate of drug-likeness (QED) is 0.781. The molecule has 90 valence electrons. The molecule has 2 unspecified atom stereocenters. The van der Waals surface area contributed by atoms with Crippen molar-refractivity contribution in [2.24, 2.45) is 5.92 Å². The molecule has 2 aliphatic rings. The van der Waals surface area contributed by atoms with Crippen LogP contribution in [-0.4, -0.2) is 17.2 Å². The van der Waals surface area contributed by atoms with Crippen LogP contribution in [-0.2, 0) is 6.54 Å². The maximum Gasteiger partial charge on any atom is 0.250 e. The number of nitrogens with zero attached hydrogens (tertiary/aromatic N) is 1. The molecule has 1 fully saturated rings. The van der Waals surface area contributed by atoms with Crippen molar-refractivity contribution in [2.75, 3.05) is 6.54 Å². The Hall–Kier alpha value is -1.35. The first-order valence-electron chi connectivity index (χ1n) is 6.33. The molecule has 1 saturated heterocycles. The van der Waals surface area contributed by atoms with Gasteiger partial charge in [0.25, 0.3) is 5.56 Å². The Balaban J connectivity index is 1.97. The largest absolute Gasteiger partial charge is 0.313 e. The molecule has 2 bridgehead atoms. The summed E-state index contributed by atoms with van der Waals surface area (Å²) >= 11 is 0. The minimum atomic E-state index is 0.149. The van der Waals surface area contributed by atoms with Gasteiger partial charge in [0.1, 0.15) is 0 Å². The summed E-state index contributed by atoms with van der Waals surface area (Å²) < 4.78 is 1.97. The average Bonchev–Trinajstić information content (AvgIpc) is 2.34. The second-order valence-corrected chi connectivity index (χ2v) is 5.13. The lowest BCUT2D eigenvalue weighted by atomic mass is 9.78. The lowest BCUT2D eigenvalue weighted by molar-refractivity contribution is 0.194. The molecule has 1 aromatic rings. The fourth-order valence-corrected chi connectivity index (χ4v) is 3.28. The monoisotopic (exact) mass is 230 g/mol. The van der Waals surface area contributed by atoms with Crippen molar-refractivity contribution in [3.05, 3.63) is 46.9 Å². The fraction of sp³-hybridized carbons (Fsp3) is 0.500. The first-order valence-corrected chi connectivity index (χ1v) is 6.33. The van der Waals surface area contributed by atoms with Crippen molar-refractivity contribution in [3.63, 3.8) is 0 Å². The summed E-state index contributed by atoms with van der Waals surface area (Å²) in [6.07, 6.45) is 4.17. The number of piperidine rings is 1. The third-order valence-corrected chi connectivity index (χ3v) is 4.12. The normalized spacial score (nSPS) is 30.7. The molecule has 3 rings (SSSR count). The van der Waals surface area contributed by atoms with Gasteiger partial charge in [0.15, 0.2) is 0 Å². The lowest BCUT2D eigenvalue weighted by Gasteiger charge is -2.42. The maximum absolute atomic E-state index is 11.9. The molecular formula is C14H18N2O. The van der Waals surface area contributed by atoms with Gasteiger partial charge >= 0.3 is 0 Å². The summed E-state index contributed by atoms with van der Waals surface area (Å²) in [7, 11) is 0.